The molecule has 24 heavy (non-hydrogen) atoms. The van der Waals surface area contributed by atoms with Crippen LogP contribution < -0.4 is 10.2 Å². The molecule has 1 aliphatic carbocycles. The first-order valence-electron chi connectivity index (χ1n) is 8.66. The van der Waals surface area contributed by atoms with Gasteiger partial charge in [-0.15, -0.1) is 5.10 Å². The van der Waals surface area contributed by atoms with Crippen LogP contribution in [-0.2, 0) is 4.74 Å². The minimum Gasteiger partial charge on any atom is -0.373 e. The molecule has 0 radical (unpaired) electrons. The number of carbonyl (C=O) groups is 1. The number of likely N-dealkylation sites (tertiary alicyclic amines) is 1. The SMILES string of the molecule is CCO[C@@]1(C)C[C@H]1NC(=O)N1CCCC1c1ccc(N(C)C)nn1. The topological polar surface area (TPSA) is 70.6 Å². The quantitative estimate of drug-likeness (QED) is 0.892. The van der Waals surface area contributed by atoms with Gasteiger partial charge < -0.3 is 19.9 Å². The van der Waals surface area contributed by atoms with E-state index in [0.717, 1.165) is 37.3 Å². The zero-order valence-electron chi connectivity index (χ0n) is 15.0. The van der Waals surface area contributed by atoms with E-state index in [-0.39, 0.29) is 23.7 Å². The third-order valence-electron chi connectivity index (χ3n) is 4.94. The lowest BCUT2D eigenvalue weighted by molar-refractivity contribution is 0.0485. The minimum absolute atomic E-state index is 0.00538. The largest absolute Gasteiger partial charge is 0.373 e. The van der Waals surface area contributed by atoms with Crippen LogP contribution in [0, 0.1) is 0 Å². The summed E-state index contributed by atoms with van der Waals surface area (Å²) >= 11 is 0. The molecule has 3 atom stereocenters. The molecule has 7 nitrogen and oxygen atoms in total. The first-order valence-corrected chi connectivity index (χ1v) is 8.66. The molecule has 7 heteroatoms. The molecule has 1 saturated carbocycles. The summed E-state index contributed by atoms with van der Waals surface area (Å²) < 4.78 is 5.70. The molecule has 2 amide bonds. The van der Waals surface area contributed by atoms with Crippen molar-refractivity contribution >= 4 is 11.8 Å². The van der Waals surface area contributed by atoms with E-state index in [0.29, 0.717) is 6.61 Å². The number of nitrogens with one attached hydrogen (secondary N) is 1. The molecule has 3 rings (SSSR count). The minimum atomic E-state index is -0.202. The van der Waals surface area contributed by atoms with Crippen LogP contribution in [-0.4, -0.2) is 60.0 Å². The molecule has 132 valence electrons. The highest BCUT2D eigenvalue weighted by Crippen LogP contribution is 2.40. The Labute approximate surface area is 143 Å². The summed E-state index contributed by atoms with van der Waals surface area (Å²) in [5, 5.41) is 11.7. The Kier molecular flexibility index (Phi) is 4.62. The number of nitrogens with zero attached hydrogens (tertiary/aromatic N) is 4. The van der Waals surface area contributed by atoms with E-state index >= 15 is 0 Å². The van der Waals surface area contributed by atoms with Crippen LogP contribution in [0.3, 0.4) is 0 Å². The van der Waals surface area contributed by atoms with E-state index in [1.807, 2.05) is 49.9 Å². The maximum Gasteiger partial charge on any atom is 0.318 e. The Morgan fingerprint density at radius 1 is 1.46 bits per heavy atom. The Bertz CT molecular complexity index is 591. The first kappa shape index (κ1) is 17.0. The van der Waals surface area contributed by atoms with Gasteiger partial charge in [-0.25, -0.2) is 4.79 Å². The Balaban J connectivity index is 1.64. The second-order valence-electron chi connectivity index (χ2n) is 7.01. The van der Waals surface area contributed by atoms with Gasteiger partial charge >= 0.3 is 6.03 Å². The van der Waals surface area contributed by atoms with Gasteiger partial charge in [-0.2, -0.15) is 5.10 Å². The second kappa shape index (κ2) is 6.55. The van der Waals surface area contributed by atoms with Gasteiger partial charge in [-0.1, -0.05) is 0 Å². The van der Waals surface area contributed by atoms with Gasteiger partial charge in [0.05, 0.1) is 23.4 Å². The summed E-state index contributed by atoms with van der Waals surface area (Å²) in [6.45, 7) is 5.46. The number of urea groups is 1. The van der Waals surface area contributed by atoms with Crippen molar-refractivity contribution in [3.05, 3.63) is 17.8 Å². The molecule has 1 unspecified atom stereocenters. The highest BCUT2D eigenvalue weighted by molar-refractivity contribution is 5.76. The Morgan fingerprint density at radius 2 is 2.25 bits per heavy atom. The predicted octanol–water partition coefficient (Wildman–Crippen LogP) is 1.96. The predicted molar refractivity (Wildman–Crippen MR) is 92.0 cm³/mol. The van der Waals surface area contributed by atoms with Crippen molar-refractivity contribution in [2.75, 3.05) is 32.1 Å². The lowest BCUT2D eigenvalue weighted by Gasteiger charge is -2.25. The van der Waals surface area contributed by atoms with E-state index in [1.165, 1.54) is 0 Å². The van der Waals surface area contributed by atoms with Crippen molar-refractivity contribution in [3.63, 3.8) is 0 Å². The average Bonchev–Trinajstić information content (AvgIpc) is 2.99. The smallest absolute Gasteiger partial charge is 0.318 e. The van der Waals surface area contributed by atoms with Crippen LogP contribution in [0.15, 0.2) is 12.1 Å². The van der Waals surface area contributed by atoms with Crippen LogP contribution in [0.1, 0.15) is 44.8 Å². The van der Waals surface area contributed by atoms with Crippen molar-refractivity contribution in [2.45, 2.75) is 50.8 Å². The summed E-state index contributed by atoms with van der Waals surface area (Å²) in [5.74, 6) is 0.818. The van der Waals surface area contributed by atoms with Crippen LogP contribution in [0.25, 0.3) is 0 Å². The van der Waals surface area contributed by atoms with E-state index in [2.05, 4.69) is 15.5 Å². The maximum atomic E-state index is 12.6. The van der Waals surface area contributed by atoms with E-state index in [9.17, 15) is 4.79 Å². The van der Waals surface area contributed by atoms with Gasteiger partial charge in [0.2, 0.25) is 0 Å². The normalized spacial score (nSPS) is 28.8. The summed E-state index contributed by atoms with van der Waals surface area (Å²) in [4.78, 5) is 16.4. The van der Waals surface area contributed by atoms with Gasteiger partial charge in [0.25, 0.3) is 0 Å². The van der Waals surface area contributed by atoms with Crippen LogP contribution in [0.5, 0.6) is 0 Å². The van der Waals surface area contributed by atoms with Gasteiger partial charge in [-0.3, -0.25) is 0 Å². The molecule has 2 heterocycles. The summed E-state index contributed by atoms with van der Waals surface area (Å²) in [7, 11) is 3.87. The zero-order chi connectivity index (χ0) is 17.3. The molecule has 0 spiro atoms. The number of hydrogen-bond acceptors (Lipinski definition) is 5. The zero-order valence-corrected chi connectivity index (χ0v) is 15.0. The molecule has 0 bridgehead atoms. The summed E-state index contributed by atoms with van der Waals surface area (Å²) in [6, 6.07) is 4.01. The lowest BCUT2D eigenvalue weighted by Crippen LogP contribution is -2.43. The molecule has 1 aromatic rings. The highest BCUT2D eigenvalue weighted by Gasteiger charge is 2.53. The number of rotatable bonds is 5. The Hall–Kier alpha value is -1.89. The molecule has 1 saturated heterocycles. The fourth-order valence-electron chi connectivity index (χ4n) is 3.34. The monoisotopic (exact) mass is 333 g/mol. The fraction of sp³-hybridized carbons (Fsp3) is 0.706. The van der Waals surface area contributed by atoms with Crippen molar-refractivity contribution in [2.24, 2.45) is 0 Å². The maximum absolute atomic E-state index is 12.6. The summed E-state index contributed by atoms with van der Waals surface area (Å²) in [6.07, 6.45) is 2.79. The van der Waals surface area contributed by atoms with Gasteiger partial charge in [-0.05, 0) is 38.8 Å². The third kappa shape index (κ3) is 3.31. The van der Waals surface area contributed by atoms with Gasteiger partial charge in [0.1, 0.15) is 0 Å². The van der Waals surface area contributed by atoms with Crippen LogP contribution in [0.2, 0.25) is 0 Å². The summed E-state index contributed by atoms with van der Waals surface area (Å²) in [5.41, 5.74) is 0.656. The molecular formula is C17H27N5O2. The standard InChI is InChI=1S/C17H27N5O2/c1-5-24-17(2)11-14(17)18-16(23)22-10-6-7-13(22)12-8-9-15(20-19-12)21(3)4/h8-9,13-14H,5-7,10-11H2,1-4H3,(H,18,23)/t13?,14-,17+/m1/s1. The number of hydrogen-bond donors (Lipinski definition) is 1. The highest BCUT2D eigenvalue weighted by atomic mass is 16.5. The van der Waals surface area contributed by atoms with E-state index < -0.39 is 0 Å². The van der Waals surface area contributed by atoms with Gasteiger partial charge in [0, 0.05) is 33.7 Å². The van der Waals surface area contributed by atoms with Crippen LogP contribution >= 0.6 is 0 Å². The third-order valence-corrected chi connectivity index (χ3v) is 4.94. The van der Waals surface area contributed by atoms with Crippen molar-refractivity contribution in [1.82, 2.24) is 20.4 Å². The molecule has 1 aromatic heterocycles. The molecule has 1 aliphatic heterocycles. The van der Waals surface area contributed by atoms with E-state index in [4.69, 9.17) is 4.74 Å². The number of ether oxygens (including phenoxy) is 1. The van der Waals surface area contributed by atoms with Crippen molar-refractivity contribution < 1.29 is 9.53 Å². The van der Waals surface area contributed by atoms with E-state index in [1.54, 1.807) is 0 Å². The first-order chi connectivity index (χ1) is 11.4. The Morgan fingerprint density at radius 3 is 2.88 bits per heavy atom. The average molecular weight is 333 g/mol. The fourth-order valence-corrected chi connectivity index (χ4v) is 3.34. The number of carbonyl (C=O) groups excluding carboxylic acids is 1. The van der Waals surface area contributed by atoms with Gasteiger partial charge in [0.15, 0.2) is 5.82 Å². The molecule has 2 fully saturated rings. The molecule has 1 N–H and O–H groups in total. The number of anilines is 1. The second-order valence-corrected chi connectivity index (χ2v) is 7.01. The van der Waals surface area contributed by atoms with Crippen molar-refractivity contribution in [3.8, 4) is 0 Å². The lowest BCUT2D eigenvalue weighted by atomic mass is 10.1. The molecular weight excluding hydrogens is 306 g/mol. The molecule has 0 aromatic carbocycles. The number of amides is 2. The number of aromatic nitrogens is 2. The van der Waals surface area contributed by atoms with Crippen molar-refractivity contribution in [1.29, 1.82) is 0 Å². The molecule has 2 aliphatic rings. The van der Waals surface area contributed by atoms with Crippen LogP contribution in [0.4, 0.5) is 10.6 Å².